The number of unbranched alkanes of at least 4 members (excludes halogenated alkanes) is 2. The van der Waals surface area contributed by atoms with Crippen LogP contribution in [0.2, 0.25) is 0 Å². The summed E-state index contributed by atoms with van der Waals surface area (Å²) in [4.78, 5) is 36.0. The Morgan fingerprint density at radius 3 is 2.19 bits per heavy atom. The topological polar surface area (TPSA) is 164 Å². The molecule has 0 bridgehead atoms. The number of carbonyl (C=O) groups is 3. The Balaban J connectivity index is 4.81. The van der Waals surface area contributed by atoms with Crippen molar-refractivity contribution in [2.75, 3.05) is 13.6 Å². The van der Waals surface area contributed by atoms with Gasteiger partial charge >= 0.3 is 7.12 Å². The van der Waals surface area contributed by atoms with Crippen LogP contribution in [0.25, 0.3) is 0 Å². The molecule has 31 heavy (non-hydrogen) atoms. The van der Waals surface area contributed by atoms with Crippen LogP contribution in [-0.4, -0.2) is 66.3 Å². The Hall–Kier alpha value is -2.14. The van der Waals surface area contributed by atoms with E-state index in [-0.39, 0.29) is 30.0 Å². The molecule has 0 aliphatic carbocycles. The van der Waals surface area contributed by atoms with Gasteiger partial charge < -0.3 is 36.1 Å². The Bertz CT molecular complexity index is 574. The summed E-state index contributed by atoms with van der Waals surface area (Å²) in [6.07, 6.45) is 4.12. The molecule has 2 amide bonds. The fourth-order valence-electron chi connectivity index (χ4n) is 3.03. The van der Waals surface area contributed by atoms with Crippen LogP contribution in [0.4, 0.5) is 0 Å². The Labute approximate surface area is 186 Å². The van der Waals surface area contributed by atoms with Gasteiger partial charge in [-0.1, -0.05) is 20.3 Å². The summed E-state index contributed by atoms with van der Waals surface area (Å²) in [5.74, 6) is -1.11. The SMILES string of the molecule is CNC(=N)NCCC[C@H](NC(=O)CCCCCC(C)=O)C(=O)N[C@@H](CC(C)C)B(O)O. The highest BCUT2D eigenvalue weighted by Gasteiger charge is 2.29. The molecule has 0 aliphatic heterocycles. The maximum absolute atomic E-state index is 12.8. The van der Waals surface area contributed by atoms with Crippen molar-refractivity contribution in [3.63, 3.8) is 0 Å². The van der Waals surface area contributed by atoms with Crippen molar-refractivity contribution in [3.8, 4) is 0 Å². The summed E-state index contributed by atoms with van der Waals surface area (Å²) in [5.41, 5.74) is 0. The molecule has 7 N–H and O–H groups in total. The van der Waals surface area contributed by atoms with Crippen molar-refractivity contribution in [3.05, 3.63) is 0 Å². The summed E-state index contributed by atoms with van der Waals surface area (Å²) in [6, 6.07) is -0.816. The zero-order chi connectivity index (χ0) is 23.8. The fourth-order valence-corrected chi connectivity index (χ4v) is 3.03. The number of hydrogen-bond acceptors (Lipinski definition) is 6. The van der Waals surface area contributed by atoms with Crippen molar-refractivity contribution in [1.82, 2.24) is 21.3 Å². The van der Waals surface area contributed by atoms with Gasteiger partial charge in [0.25, 0.3) is 0 Å². The fraction of sp³-hybridized carbons (Fsp3) is 0.800. The zero-order valence-electron chi connectivity index (χ0n) is 19.3. The van der Waals surface area contributed by atoms with Gasteiger partial charge in [0, 0.05) is 26.4 Å². The van der Waals surface area contributed by atoms with Gasteiger partial charge in [0.2, 0.25) is 11.8 Å². The highest BCUT2D eigenvalue weighted by molar-refractivity contribution is 6.43. The highest BCUT2D eigenvalue weighted by Crippen LogP contribution is 2.08. The third-order valence-electron chi connectivity index (χ3n) is 4.72. The summed E-state index contributed by atoms with van der Waals surface area (Å²) in [6.45, 7) is 5.81. The summed E-state index contributed by atoms with van der Waals surface area (Å²) >= 11 is 0. The van der Waals surface area contributed by atoms with Crippen LogP contribution in [0.15, 0.2) is 0 Å². The third-order valence-corrected chi connectivity index (χ3v) is 4.72. The van der Waals surface area contributed by atoms with Crippen LogP contribution in [-0.2, 0) is 14.4 Å². The van der Waals surface area contributed by atoms with Gasteiger partial charge in [-0.2, -0.15) is 0 Å². The van der Waals surface area contributed by atoms with Crippen molar-refractivity contribution in [2.24, 2.45) is 5.92 Å². The van der Waals surface area contributed by atoms with E-state index >= 15 is 0 Å². The molecule has 0 aliphatic rings. The van der Waals surface area contributed by atoms with Crippen LogP contribution >= 0.6 is 0 Å². The number of Topliss-reactive ketones (excluding diaryl/α,β-unsaturated/α-hetero) is 1. The number of carbonyl (C=O) groups excluding carboxylic acids is 3. The number of rotatable bonds is 16. The van der Waals surface area contributed by atoms with E-state index in [2.05, 4.69) is 21.3 Å². The Morgan fingerprint density at radius 1 is 1.00 bits per heavy atom. The molecular weight excluding hydrogens is 401 g/mol. The minimum absolute atomic E-state index is 0.128. The average molecular weight is 441 g/mol. The lowest BCUT2D eigenvalue weighted by molar-refractivity contribution is -0.129. The van der Waals surface area contributed by atoms with Gasteiger partial charge in [-0.05, 0) is 44.9 Å². The quantitative estimate of drug-likeness (QED) is 0.0771. The average Bonchev–Trinajstić information content (AvgIpc) is 2.68. The smallest absolute Gasteiger partial charge is 0.426 e. The summed E-state index contributed by atoms with van der Waals surface area (Å²) < 4.78 is 0. The number of nitrogens with one attached hydrogen (secondary N) is 5. The molecule has 0 heterocycles. The monoisotopic (exact) mass is 441 g/mol. The van der Waals surface area contributed by atoms with E-state index < -0.39 is 25.0 Å². The second kappa shape index (κ2) is 16.5. The predicted molar refractivity (Wildman–Crippen MR) is 121 cm³/mol. The second-order valence-corrected chi connectivity index (χ2v) is 8.24. The van der Waals surface area contributed by atoms with E-state index in [1.807, 2.05) is 13.8 Å². The number of hydrogen-bond donors (Lipinski definition) is 7. The molecule has 0 spiro atoms. The molecule has 0 unspecified atom stereocenters. The van der Waals surface area contributed by atoms with E-state index in [9.17, 15) is 24.4 Å². The second-order valence-electron chi connectivity index (χ2n) is 8.24. The van der Waals surface area contributed by atoms with Gasteiger partial charge in [0.1, 0.15) is 11.8 Å². The third kappa shape index (κ3) is 15.3. The minimum atomic E-state index is -1.69. The molecule has 0 aromatic heterocycles. The van der Waals surface area contributed by atoms with Gasteiger partial charge in [-0.15, -0.1) is 0 Å². The van der Waals surface area contributed by atoms with Crippen LogP contribution in [0.5, 0.6) is 0 Å². The van der Waals surface area contributed by atoms with Crippen molar-refractivity contribution in [2.45, 2.75) is 84.1 Å². The molecule has 0 aromatic rings. The number of amides is 2. The molecule has 0 fully saturated rings. The summed E-state index contributed by atoms with van der Waals surface area (Å²) in [5, 5.41) is 37.5. The molecule has 0 saturated carbocycles. The molecule has 0 rings (SSSR count). The first-order chi connectivity index (χ1) is 14.6. The molecule has 0 radical (unpaired) electrons. The maximum Gasteiger partial charge on any atom is 0.475 e. The Kier molecular flexibility index (Phi) is 15.4. The van der Waals surface area contributed by atoms with E-state index in [0.29, 0.717) is 38.6 Å². The minimum Gasteiger partial charge on any atom is -0.426 e. The van der Waals surface area contributed by atoms with Crippen molar-refractivity contribution >= 4 is 30.7 Å². The lowest BCUT2D eigenvalue weighted by atomic mass is 9.75. The van der Waals surface area contributed by atoms with Gasteiger partial charge in [-0.25, -0.2) is 0 Å². The van der Waals surface area contributed by atoms with Crippen LogP contribution < -0.4 is 21.3 Å². The Morgan fingerprint density at radius 2 is 1.65 bits per heavy atom. The standard InChI is InChI=1S/C20H40BN5O5/c1-14(2)13-17(21(30)31)26-19(29)16(10-8-12-24-20(22)23-4)25-18(28)11-7-5-6-9-15(3)27/h14,16-17,30-31H,5-13H2,1-4H3,(H,25,28)(H,26,29)(H3,22,23,24)/t16-,17-/m0/s1. The molecule has 0 aromatic carbocycles. The lowest BCUT2D eigenvalue weighted by Crippen LogP contribution is -2.54. The largest absolute Gasteiger partial charge is 0.475 e. The zero-order valence-corrected chi connectivity index (χ0v) is 19.3. The van der Waals surface area contributed by atoms with E-state index in [1.54, 1.807) is 14.0 Å². The molecule has 2 atom stereocenters. The van der Waals surface area contributed by atoms with Crippen molar-refractivity contribution in [1.29, 1.82) is 5.41 Å². The first-order valence-electron chi connectivity index (χ1n) is 11.0. The van der Waals surface area contributed by atoms with E-state index in [1.165, 1.54) is 0 Å². The van der Waals surface area contributed by atoms with E-state index in [4.69, 9.17) is 5.41 Å². The molecular formula is C20H40BN5O5. The van der Waals surface area contributed by atoms with Gasteiger partial charge in [0.05, 0.1) is 5.94 Å². The van der Waals surface area contributed by atoms with Gasteiger partial charge in [-0.3, -0.25) is 15.0 Å². The van der Waals surface area contributed by atoms with Crippen molar-refractivity contribution < 1.29 is 24.4 Å². The first-order valence-corrected chi connectivity index (χ1v) is 11.0. The van der Waals surface area contributed by atoms with Crippen LogP contribution in [0.3, 0.4) is 0 Å². The van der Waals surface area contributed by atoms with Crippen LogP contribution in [0.1, 0.15) is 72.1 Å². The molecule has 178 valence electrons. The summed E-state index contributed by atoms with van der Waals surface area (Å²) in [7, 11) is -0.0705. The number of ketones is 1. The maximum atomic E-state index is 12.8. The highest BCUT2D eigenvalue weighted by atomic mass is 16.4. The molecule has 11 heteroatoms. The number of guanidine groups is 1. The first kappa shape index (κ1) is 28.9. The molecule has 10 nitrogen and oxygen atoms in total. The lowest BCUT2D eigenvalue weighted by Gasteiger charge is -2.24. The predicted octanol–water partition coefficient (Wildman–Crippen LogP) is 0.0776. The normalized spacial score (nSPS) is 12.6. The van der Waals surface area contributed by atoms with Gasteiger partial charge in [0.15, 0.2) is 5.96 Å². The van der Waals surface area contributed by atoms with Crippen LogP contribution in [0, 0.1) is 11.3 Å². The molecule has 0 saturated heterocycles. The van der Waals surface area contributed by atoms with E-state index in [0.717, 1.165) is 12.8 Å².